The third-order valence-electron chi connectivity index (χ3n) is 4.70. The predicted molar refractivity (Wildman–Crippen MR) is 67.1 cm³/mol. The summed E-state index contributed by atoms with van der Waals surface area (Å²) >= 11 is 0. The van der Waals surface area contributed by atoms with Crippen molar-refractivity contribution in [1.29, 1.82) is 0 Å². The third-order valence-corrected chi connectivity index (χ3v) is 4.70. The summed E-state index contributed by atoms with van der Waals surface area (Å²) in [5.74, 6) is -0.688. The Hall–Kier alpha value is -0.610. The summed E-state index contributed by atoms with van der Waals surface area (Å²) in [7, 11) is 1.77. The molecule has 0 amide bonds. The summed E-state index contributed by atoms with van der Waals surface area (Å²) in [5.41, 5.74) is -0.679. The fraction of sp³-hybridized carbons (Fsp3) is 0.923. The van der Waals surface area contributed by atoms with Gasteiger partial charge in [0.25, 0.3) is 0 Å². The Bertz CT molecular complexity index is 295. The summed E-state index contributed by atoms with van der Waals surface area (Å²) in [5, 5.41) is 12.4. The van der Waals surface area contributed by atoms with Gasteiger partial charge in [0.15, 0.2) is 0 Å². The maximum atomic E-state index is 11.4. The van der Waals surface area contributed by atoms with Crippen molar-refractivity contribution in [2.24, 2.45) is 0 Å². The minimum Gasteiger partial charge on any atom is -0.480 e. The van der Waals surface area contributed by atoms with E-state index in [9.17, 15) is 9.90 Å². The molecule has 2 N–H and O–H groups in total. The van der Waals surface area contributed by atoms with Crippen LogP contribution in [0.15, 0.2) is 0 Å². The number of piperidine rings is 1. The summed E-state index contributed by atoms with van der Waals surface area (Å²) < 4.78 is 0. The number of carboxylic acid groups (broad SMARTS) is 1. The number of hydrogen-bond acceptors (Lipinski definition) is 3. The first kappa shape index (κ1) is 12.8. The van der Waals surface area contributed by atoms with Crippen LogP contribution in [0.3, 0.4) is 0 Å². The second-order valence-electron chi connectivity index (χ2n) is 5.62. The first-order valence-electron chi connectivity index (χ1n) is 6.77. The molecule has 4 heteroatoms. The number of carbonyl (C=O) groups is 1. The van der Waals surface area contributed by atoms with Crippen molar-refractivity contribution in [1.82, 2.24) is 10.2 Å². The zero-order valence-corrected chi connectivity index (χ0v) is 10.9. The van der Waals surface area contributed by atoms with Gasteiger partial charge in [-0.05, 0) is 52.6 Å². The Morgan fingerprint density at radius 3 is 2.71 bits per heavy atom. The number of likely N-dealkylation sites (N-methyl/N-ethyl adjacent to an activating group) is 1. The molecule has 0 radical (unpaired) electrons. The van der Waals surface area contributed by atoms with E-state index in [1.54, 1.807) is 7.05 Å². The lowest BCUT2D eigenvalue weighted by molar-refractivity contribution is -0.144. The van der Waals surface area contributed by atoms with Crippen molar-refractivity contribution >= 4 is 5.97 Å². The second-order valence-corrected chi connectivity index (χ2v) is 5.62. The minimum absolute atomic E-state index is 0.453. The molecule has 0 spiro atoms. The number of carboxylic acids is 1. The fourth-order valence-electron chi connectivity index (χ4n) is 3.49. The molecule has 3 atom stereocenters. The molecule has 1 aliphatic heterocycles. The van der Waals surface area contributed by atoms with Gasteiger partial charge in [0.1, 0.15) is 5.54 Å². The van der Waals surface area contributed by atoms with E-state index in [2.05, 4.69) is 17.1 Å². The molecule has 2 rings (SSSR count). The van der Waals surface area contributed by atoms with Crippen molar-refractivity contribution in [2.75, 3.05) is 13.6 Å². The van der Waals surface area contributed by atoms with E-state index in [1.165, 1.54) is 19.3 Å². The number of nitrogens with one attached hydrogen (secondary N) is 1. The van der Waals surface area contributed by atoms with Crippen LogP contribution in [0.5, 0.6) is 0 Å². The van der Waals surface area contributed by atoms with Crippen LogP contribution in [-0.4, -0.2) is 47.2 Å². The number of aliphatic carboxylic acids is 1. The molecule has 1 aliphatic carbocycles. The topological polar surface area (TPSA) is 52.6 Å². The summed E-state index contributed by atoms with van der Waals surface area (Å²) in [6.07, 6.45) is 6.37. The van der Waals surface area contributed by atoms with E-state index < -0.39 is 11.5 Å². The highest BCUT2D eigenvalue weighted by Gasteiger charge is 2.46. The molecule has 2 aliphatic rings. The number of likely N-dealkylation sites (tertiary alicyclic amines) is 1. The van der Waals surface area contributed by atoms with E-state index in [0.717, 1.165) is 25.8 Å². The van der Waals surface area contributed by atoms with Crippen LogP contribution in [0.2, 0.25) is 0 Å². The van der Waals surface area contributed by atoms with Gasteiger partial charge in [-0.3, -0.25) is 9.69 Å². The van der Waals surface area contributed by atoms with Crippen molar-refractivity contribution in [3.8, 4) is 0 Å². The second kappa shape index (κ2) is 4.94. The lowest BCUT2D eigenvalue weighted by atomic mass is 9.96. The summed E-state index contributed by atoms with van der Waals surface area (Å²) in [6.45, 7) is 3.42. The van der Waals surface area contributed by atoms with E-state index in [0.29, 0.717) is 12.1 Å². The average molecular weight is 240 g/mol. The van der Waals surface area contributed by atoms with Crippen LogP contribution in [0.25, 0.3) is 0 Å². The molecule has 1 heterocycles. The van der Waals surface area contributed by atoms with Gasteiger partial charge < -0.3 is 10.4 Å². The van der Waals surface area contributed by atoms with Crippen LogP contribution >= 0.6 is 0 Å². The highest BCUT2D eigenvalue weighted by Crippen LogP contribution is 2.35. The highest BCUT2D eigenvalue weighted by atomic mass is 16.4. The van der Waals surface area contributed by atoms with Crippen LogP contribution in [0.1, 0.15) is 45.4 Å². The largest absolute Gasteiger partial charge is 0.480 e. The van der Waals surface area contributed by atoms with Crippen molar-refractivity contribution in [3.05, 3.63) is 0 Å². The predicted octanol–water partition coefficient (Wildman–Crippen LogP) is 1.46. The van der Waals surface area contributed by atoms with Gasteiger partial charge in [-0.25, -0.2) is 0 Å². The van der Waals surface area contributed by atoms with Crippen LogP contribution in [0, 0.1) is 0 Å². The Balaban J connectivity index is 2.03. The maximum absolute atomic E-state index is 11.4. The van der Waals surface area contributed by atoms with Gasteiger partial charge >= 0.3 is 5.97 Å². The molecular weight excluding hydrogens is 216 g/mol. The van der Waals surface area contributed by atoms with Gasteiger partial charge in [0, 0.05) is 12.1 Å². The monoisotopic (exact) mass is 240 g/mol. The Morgan fingerprint density at radius 1 is 1.41 bits per heavy atom. The summed E-state index contributed by atoms with van der Waals surface area (Å²) in [4.78, 5) is 13.9. The minimum atomic E-state index is -0.688. The van der Waals surface area contributed by atoms with Gasteiger partial charge in [0.2, 0.25) is 0 Å². The van der Waals surface area contributed by atoms with E-state index >= 15 is 0 Å². The van der Waals surface area contributed by atoms with Gasteiger partial charge in [-0.2, -0.15) is 0 Å². The first-order valence-corrected chi connectivity index (χ1v) is 6.77. The number of rotatable bonds is 3. The number of nitrogens with zero attached hydrogens (tertiary/aromatic N) is 1. The van der Waals surface area contributed by atoms with Crippen LogP contribution in [-0.2, 0) is 4.79 Å². The molecule has 1 saturated heterocycles. The third kappa shape index (κ3) is 2.33. The van der Waals surface area contributed by atoms with Crippen molar-refractivity contribution < 1.29 is 9.90 Å². The average Bonchev–Trinajstić information content (AvgIpc) is 2.75. The first-order chi connectivity index (χ1) is 8.09. The zero-order chi connectivity index (χ0) is 12.5. The highest BCUT2D eigenvalue weighted by molar-refractivity contribution is 5.79. The lowest BCUT2D eigenvalue weighted by Crippen LogP contribution is -2.51. The van der Waals surface area contributed by atoms with E-state index in [-0.39, 0.29) is 0 Å². The Labute approximate surface area is 103 Å². The molecule has 0 aromatic carbocycles. The zero-order valence-electron chi connectivity index (χ0n) is 10.9. The van der Waals surface area contributed by atoms with E-state index in [1.807, 2.05) is 0 Å². The summed E-state index contributed by atoms with van der Waals surface area (Å²) in [6, 6.07) is 1.07. The normalized spacial score (nSPS) is 39.4. The molecule has 3 unspecified atom stereocenters. The van der Waals surface area contributed by atoms with Crippen molar-refractivity contribution in [2.45, 2.75) is 63.1 Å². The van der Waals surface area contributed by atoms with Gasteiger partial charge in [0.05, 0.1) is 0 Å². The molecule has 98 valence electrons. The van der Waals surface area contributed by atoms with Gasteiger partial charge in [-0.15, -0.1) is 0 Å². The molecular formula is C13H24N2O2. The van der Waals surface area contributed by atoms with Crippen LogP contribution < -0.4 is 5.32 Å². The SMILES string of the molecule is CNC1(C(=O)O)CCC(N2CCCCC2C)C1. The van der Waals surface area contributed by atoms with Crippen LogP contribution in [0.4, 0.5) is 0 Å². The molecule has 0 aromatic rings. The Kier molecular flexibility index (Phi) is 3.73. The molecule has 0 aromatic heterocycles. The lowest BCUT2D eigenvalue weighted by Gasteiger charge is -2.38. The fourth-order valence-corrected chi connectivity index (χ4v) is 3.49. The van der Waals surface area contributed by atoms with Crippen molar-refractivity contribution in [3.63, 3.8) is 0 Å². The van der Waals surface area contributed by atoms with E-state index in [4.69, 9.17) is 0 Å². The maximum Gasteiger partial charge on any atom is 0.323 e. The molecule has 2 fully saturated rings. The number of hydrogen-bond donors (Lipinski definition) is 2. The van der Waals surface area contributed by atoms with Gasteiger partial charge in [-0.1, -0.05) is 6.42 Å². The molecule has 4 nitrogen and oxygen atoms in total. The quantitative estimate of drug-likeness (QED) is 0.784. The molecule has 1 saturated carbocycles. The Morgan fingerprint density at radius 2 is 2.18 bits per heavy atom. The standard InChI is InChI=1S/C13H24N2O2/c1-10-5-3-4-8-15(10)11-6-7-13(9-11,14-2)12(16)17/h10-11,14H,3-9H2,1-2H3,(H,16,17). The molecule has 17 heavy (non-hydrogen) atoms. The smallest absolute Gasteiger partial charge is 0.323 e. The molecule has 0 bridgehead atoms.